The third-order valence-corrected chi connectivity index (χ3v) is 5.89. The van der Waals surface area contributed by atoms with Gasteiger partial charge in [-0.3, -0.25) is 10.1 Å². The summed E-state index contributed by atoms with van der Waals surface area (Å²) in [5, 5.41) is 10.7. The Morgan fingerprint density at radius 3 is 1.76 bits per heavy atom. The van der Waals surface area contributed by atoms with E-state index in [1.165, 1.54) is 30.3 Å². The van der Waals surface area contributed by atoms with Crippen LogP contribution >= 0.6 is 44.6 Å². The van der Waals surface area contributed by atoms with E-state index in [2.05, 4.69) is 0 Å². The zero-order valence-corrected chi connectivity index (χ0v) is 16.4. The lowest BCUT2D eigenvalue weighted by molar-refractivity contribution is -0.387. The first-order valence-electron chi connectivity index (χ1n) is 5.92. The Morgan fingerprint density at radius 2 is 1.36 bits per heavy atom. The Hall–Kier alpha value is -1.10. The van der Waals surface area contributed by atoms with Gasteiger partial charge in [0, 0.05) is 32.5 Å². The van der Waals surface area contributed by atoms with Crippen molar-refractivity contribution in [3.05, 3.63) is 62.6 Å². The number of nitro groups is 1. The van der Waals surface area contributed by atoms with Crippen molar-refractivity contribution in [2.24, 2.45) is 0 Å². The molecule has 2 aromatic rings. The van der Waals surface area contributed by atoms with Crippen LogP contribution in [0.3, 0.4) is 0 Å². The molecular formula is C12H7Cl4NO6S2. The van der Waals surface area contributed by atoms with Crippen LogP contribution in [0.1, 0.15) is 0 Å². The van der Waals surface area contributed by atoms with E-state index in [1.54, 1.807) is 0 Å². The van der Waals surface area contributed by atoms with Crippen LogP contribution in [0, 0.1) is 10.1 Å². The Balaban J connectivity index is 0.000000251. The van der Waals surface area contributed by atoms with Gasteiger partial charge in [-0.25, -0.2) is 16.8 Å². The average molecular weight is 467 g/mol. The quantitative estimate of drug-likeness (QED) is 0.375. The van der Waals surface area contributed by atoms with Gasteiger partial charge in [-0.15, -0.1) is 0 Å². The van der Waals surface area contributed by atoms with E-state index < -0.39 is 33.6 Å². The molecule has 0 amide bonds. The van der Waals surface area contributed by atoms with E-state index in [0.29, 0.717) is 0 Å². The summed E-state index contributed by atoms with van der Waals surface area (Å²) in [5.74, 6) is 0. The molecule has 0 bridgehead atoms. The highest BCUT2D eigenvalue weighted by molar-refractivity contribution is 8.14. The zero-order valence-electron chi connectivity index (χ0n) is 11.8. The minimum absolute atomic E-state index is 0.0643. The summed E-state index contributed by atoms with van der Waals surface area (Å²) in [4.78, 5) is 8.90. The van der Waals surface area contributed by atoms with E-state index in [9.17, 15) is 26.9 Å². The molecule has 0 aliphatic carbocycles. The van der Waals surface area contributed by atoms with Gasteiger partial charge in [-0.1, -0.05) is 35.3 Å². The van der Waals surface area contributed by atoms with Crippen molar-refractivity contribution in [2.75, 3.05) is 0 Å². The van der Waals surface area contributed by atoms with E-state index in [0.717, 1.165) is 12.1 Å². The number of hydrogen-bond donors (Lipinski definition) is 0. The number of nitro benzene ring substituents is 1. The van der Waals surface area contributed by atoms with Gasteiger partial charge in [0.2, 0.25) is 0 Å². The van der Waals surface area contributed by atoms with E-state index in [-0.39, 0.29) is 14.9 Å². The Bertz CT molecular complexity index is 1010. The number of hydrogen-bond acceptors (Lipinski definition) is 6. The highest BCUT2D eigenvalue weighted by Crippen LogP contribution is 2.27. The second-order valence-corrected chi connectivity index (χ2v) is 10.1. The number of benzene rings is 2. The summed E-state index contributed by atoms with van der Waals surface area (Å²) >= 11 is 11.1. The molecule has 0 aliphatic rings. The highest BCUT2D eigenvalue weighted by Gasteiger charge is 2.22. The lowest BCUT2D eigenvalue weighted by atomic mass is 10.3. The highest BCUT2D eigenvalue weighted by atomic mass is 35.7. The fourth-order valence-corrected chi connectivity index (χ4v) is 4.23. The van der Waals surface area contributed by atoms with Crippen molar-refractivity contribution in [3.63, 3.8) is 0 Å². The molecule has 7 nitrogen and oxygen atoms in total. The van der Waals surface area contributed by atoms with E-state index in [4.69, 9.17) is 44.6 Å². The Morgan fingerprint density at radius 1 is 0.840 bits per heavy atom. The van der Waals surface area contributed by atoms with Crippen molar-refractivity contribution in [3.8, 4) is 0 Å². The first-order valence-corrected chi connectivity index (χ1v) is 11.3. The molecule has 0 fully saturated rings. The van der Waals surface area contributed by atoms with Crippen LogP contribution in [0.25, 0.3) is 0 Å². The molecule has 0 saturated carbocycles. The summed E-state index contributed by atoms with van der Waals surface area (Å²) in [6, 6.07) is 8.95. The normalized spacial score (nSPS) is 11.4. The van der Waals surface area contributed by atoms with Gasteiger partial charge < -0.3 is 0 Å². The average Bonchev–Trinajstić information content (AvgIpc) is 2.48. The number of halogens is 4. The lowest BCUT2D eigenvalue weighted by Gasteiger charge is -1.98. The maximum absolute atomic E-state index is 10.8. The number of para-hydroxylation sites is 1. The van der Waals surface area contributed by atoms with Gasteiger partial charge in [-0.05, 0) is 24.3 Å². The van der Waals surface area contributed by atoms with Crippen molar-refractivity contribution in [1.82, 2.24) is 0 Å². The minimum Gasteiger partial charge on any atom is -0.258 e. The van der Waals surface area contributed by atoms with Crippen LogP contribution < -0.4 is 0 Å². The maximum Gasteiger partial charge on any atom is 0.289 e. The second-order valence-electron chi connectivity index (χ2n) is 4.18. The molecule has 25 heavy (non-hydrogen) atoms. The third-order valence-electron chi connectivity index (χ3n) is 2.48. The molecule has 136 valence electrons. The molecule has 0 spiro atoms. The monoisotopic (exact) mass is 465 g/mol. The summed E-state index contributed by atoms with van der Waals surface area (Å²) < 4.78 is 43.3. The zero-order chi connectivity index (χ0) is 19.4. The minimum atomic E-state index is -4.05. The molecule has 0 atom stereocenters. The largest absolute Gasteiger partial charge is 0.289 e. The topological polar surface area (TPSA) is 111 Å². The molecule has 0 aliphatic heterocycles. The standard InChI is InChI=1S/C6H3Cl3O2S.C6H4ClNO4S/c7-4-1-2-5(8)6(3-4)12(9,10)11;7-13(11,12)6-4-2-1-3-5(6)8(9)10/h1-3H;1-4H. The third kappa shape index (κ3) is 6.61. The van der Waals surface area contributed by atoms with Crippen LogP contribution in [0.5, 0.6) is 0 Å². The summed E-state index contributed by atoms with van der Waals surface area (Å²) in [7, 11) is 2.19. The molecule has 13 heteroatoms. The summed E-state index contributed by atoms with van der Waals surface area (Å²) in [6.07, 6.45) is 0. The van der Waals surface area contributed by atoms with Crippen LogP contribution in [0.2, 0.25) is 10.0 Å². The Kier molecular flexibility index (Phi) is 7.48. The van der Waals surface area contributed by atoms with Crippen molar-refractivity contribution >= 4 is 68.4 Å². The van der Waals surface area contributed by atoms with E-state index in [1.807, 2.05) is 0 Å². The fraction of sp³-hybridized carbons (Fsp3) is 0. The molecule has 0 aromatic heterocycles. The van der Waals surface area contributed by atoms with Crippen LogP contribution in [-0.2, 0) is 18.1 Å². The van der Waals surface area contributed by atoms with Crippen LogP contribution in [-0.4, -0.2) is 21.8 Å². The first kappa shape index (κ1) is 21.9. The second kappa shape index (κ2) is 8.52. The predicted molar refractivity (Wildman–Crippen MR) is 95.6 cm³/mol. The molecule has 0 heterocycles. The summed E-state index contributed by atoms with van der Waals surface area (Å²) in [6.45, 7) is 0. The summed E-state index contributed by atoms with van der Waals surface area (Å²) in [5.41, 5.74) is -0.516. The van der Waals surface area contributed by atoms with Crippen LogP contribution in [0.4, 0.5) is 5.69 Å². The van der Waals surface area contributed by atoms with Gasteiger partial charge in [0.1, 0.15) is 4.90 Å². The molecule has 0 saturated heterocycles. The molecule has 2 aromatic carbocycles. The van der Waals surface area contributed by atoms with Gasteiger partial charge in [0.15, 0.2) is 4.90 Å². The van der Waals surface area contributed by atoms with Crippen LogP contribution in [0.15, 0.2) is 52.3 Å². The first-order chi connectivity index (χ1) is 11.3. The number of nitrogens with zero attached hydrogens (tertiary/aromatic N) is 1. The van der Waals surface area contributed by atoms with Crippen molar-refractivity contribution in [1.29, 1.82) is 0 Å². The predicted octanol–water partition coefficient (Wildman–Crippen LogP) is 4.44. The smallest absolute Gasteiger partial charge is 0.258 e. The van der Waals surface area contributed by atoms with Gasteiger partial charge in [0.25, 0.3) is 23.8 Å². The van der Waals surface area contributed by atoms with Crippen molar-refractivity contribution in [2.45, 2.75) is 9.79 Å². The van der Waals surface area contributed by atoms with Crippen molar-refractivity contribution < 1.29 is 21.8 Å². The number of rotatable bonds is 3. The molecule has 0 unspecified atom stereocenters. The lowest BCUT2D eigenvalue weighted by Crippen LogP contribution is -1.97. The van der Waals surface area contributed by atoms with E-state index >= 15 is 0 Å². The Labute approximate surface area is 162 Å². The molecule has 2 rings (SSSR count). The van der Waals surface area contributed by atoms with Gasteiger partial charge >= 0.3 is 0 Å². The van der Waals surface area contributed by atoms with Gasteiger partial charge in [0.05, 0.1) is 9.95 Å². The SMILES string of the molecule is O=S(=O)(Cl)c1cc(Cl)ccc1Cl.O=[N+]([O-])c1ccccc1S(=O)(=O)Cl. The fourth-order valence-electron chi connectivity index (χ4n) is 1.48. The van der Waals surface area contributed by atoms with Gasteiger partial charge in [-0.2, -0.15) is 0 Å². The molecule has 0 radical (unpaired) electrons. The molecular weight excluding hydrogens is 460 g/mol. The maximum atomic E-state index is 10.8. The molecule has 0 N–H and O–H groups in total.